The lowest BCUT2D eigenvalue weighted by Crippen LogP contribution is -2.21. The first kappa shape index (κ1) is 17.1. The largest absolute Gasteiger partial charge is 0.573 e. The van der Waals surface area contributed by atoms with Crippen molar-refractivity contribution in [3.8, 4) is 11.6 Å². The van der Waals surface area contributed by atoms with Crippen LogP contribution in [0.3, 0.4) is 0 Å². The van der Waals surface area contributed by atoms with Crippen molar-refractivity contribution in [3.05, 3.63) is 41.6 Å². The van der Waals surface area contributed by atoms with Crippen LogP contribution in [-0.2, 0) is 13.7 Å². The summed E-state index contributed by atoms with van der Waals surface area (Å²) in [7, 11) is 1.66. The molecular formula is C13H11BrF3N3O3. The third kappa shape index (κ3) is 4.62. The summed E-state index contributed by atoms with van der Waals surface area (Å²) in [5.74, 6) is -0.932. The number of amides is 1. The number of carbonyl (C=O) groups is 1. The van der Waals surface area contributed by atoms with Gasteiger partial charge in [0, 0.05) is 41.0 Å². The van der Waals surface area contributed by atoms with Crippen molar-refractivity contribution in [2.75, 3.05) is 0 Å². The van der Waals surface area contributed by atoms with E-state index in [0.717, 1.165) is 6.07 Å². The zero-order chi connectivity index (χ0) is 17.0. The van der Waals surface area contributed by atoms with Gasteiger partial charge in [0.25, 0.3) is 5.91 Å². The van der Waals surface area contributed by atoms with Gasteiger partial charge in [-0.3, -0.25) is 13.8 Å². The molecule has 1 aromatic carbocycles. The number of carbonyl (C=O) groups excluding carboxylic acids is 1. The second-order valence-corrected chi connectivity index (χ2v) is 4.77. The highest BCUT2D eigenvalue weighted by atomic mass is 79.9. The fourth-order valence-electron chi connectivity index (χ4n) is 1.82. The minimum absolute atomic E-state index is 0.0143. The maximum absolute atomic E-state index is 12.5. The topological polar surface area (TPSA) is 65.4 Å². The smallest absolute Gasteiger partial charge is 0.472 e. The van der Waals surface area contributed by atoms with E-state index < -0.39 is 18.0 Å². The molecule has 0 bridgehead atoms. The molecule has 0 fully saturated rings. The first-order valence-electron chi connectivity index (χ1n) is 6.21. The number of halogens is 4. The molecular weight excluding hydrogens is 383 g/mol. The zero-order valence-electron chi connectivity index (χ0n) is 11.7. The van der Waals surface area contributed by atoms with E-state index >= 15 is 0 Å². The molecule has 0 saturated heterocycles. The van der Waals surface area contributed by atoms with E-state index in [1.54, 1.807) is 13.2 Å². The third-order valence-electron chi connectivity index (χ3n) is 2.74. The molecule has 2 rings (SSSR count). The number of alkyl halides is 3. The fourth-order valence-corrected chi connectivity index (χ4v) is 2.03. The van der Waals surface area contributed by atoms with Crippen LogP contribution in [0.1, 0.15) is 15.9 Å². The molecule has 124 valence electrons. The highest BCUT2D eigenvalue weighted by Gasteiger charge is 2.33. The van der Waals surface area contributed by atoms with E-state index in [2.05, 4.69) is 30.3 Å². The molecule has 0 spiro atoms. The number of aromatic nitrogens is 2. The monoisotopic (exact) mass is 393 g/mol. The molecule has 0 radical (unpaired) electrons. The molecule has 1 N–H and O–H groups in total. The number of ether oxygens (including phenoxy) is 2. The van der Waals surface area contributed by atoms with Crippen molar-refractivity contribution < 1.29 is 27.4 Å². The summed E-state index contributed by atoms with van der Waals surface area (Å²) >= 11 is 2.75. The van der Waals surface area contributed by atoms with Gasteiger partial charge in [-0.25, -0.2) is 0 Å². The Hall–Kier alpha value is -2.23. The number of hydrogen-bond acceptors (Lipinski definition) is 4. The average Bonchev–Trinajstić information content (AvgIpc) is 2.89. The summed E-state index contributed by atoms with van der Waals surface area (Å²) in [5.41, 5.74) is -0.0630. The molecule has 0 aliphatic rings. The molecule has 10 heteroatoms. The number of benzene rings is 1. The summed E-state index contributed by atoms with van der Waals surface area (Å²) < 4.78 is 50.5. The van der Waals surface area contributed by atoms with Gasteiger partial charge in [-0.15, -0.1) is 18.3 Å². The highest BCUT2D eigenvalue weighted by molar-refractivity contribution is 9.08. The highest BCUT2D eigenvalue weighted by Crippen LogP contribution is 2.29. The van der Waals surface area contributed by atoms with E-state index in [4.69, 9.17) is 4.74 Å². The lowest BCUT2D eigenvalue weighted by molar-refractivity contribution is -0.275. The van der Waals surface area contributed by atoms with Gasteiger partial charge >= 0.3 is 6.36 Å². The molecule has 0 saturated carbocycles. The molecule has 23 heavy (non-hydrogen) atoms. The standard InChI is InChI=1S/C13H11BrF3N3O3/c1-20-6-5-11(19-20)22-7-9-8(12(21)18-14)3-2-4-10(9)23-13(15,16)17/h2-6H,7H2,1H3,(H,18,21). The van der Waals surface area contributed by atoms with Crippen LogP contribution in [0, 0.1) is 0 Å². The lowest BCUT2D eigenvalue weighted by Gasteiger charge is -2.16. The molecule has 2 aromatic rings. The quantitative estimate of drug-likeness (QED) is 0.793. The minimum atomic E-state index is -4.89. The maximum Gasteiger partial charge on any atom is 0.573 e. The molecule has 1 amide bonds. The Morgan fingerprint density at radius 1 is 1.39 bits per heavy atom. The van der Waals surface area contributed by atoms with Gasteiger partial charge in [0.1, 0.15) is 12.4 Å². The third-order valence-corrected chi connectivity index (χ3v) is 3.10. The van der Waals surface area contributed by atoms with Crippen molar-refractivity contribution in [1.82, 2.24) is 14.1 Å². The number of rotatable bonds is 5. The molecule has 0 atom stereocenters. The van der Waals surface area contributed by atoms with E-state index in [1.165, 1.54) is 22.9 Å². The number of hydrogen-bond donors (Lipinski definition) is 1. The summed E-state index contributed by atoms with van der Waals surface area (Å²) in [6.45, 7) is -0.320. The van der Waals surface area contributed by atoms with Crippen LogP contribution in [0.25, 0.3) is 0 Å². The van der Waals surface area contributed by atoms with Crippen LogP contribution in [0.5, 0.6) is 11.6 Å². The van der Waals surface area contributed by atoms with Crippen molar-refractivity contribution in [2.45, 2.75) is 13.0 Å². The first-order valence-corrected chi connectivity index (χ1v) is 7.00. The summed E-state index contributed by atoms with van der Waals surface area (Å²) in [4.78, 5) is 11.8. The molecule has 0 unspecified atom stereocenters. The molecule has 6 nitrogen and oxygen atoms in total. The second-order valence-electron chi connectivity index (χ2n) is 4.37. The Morgan fingerprint density at radius 3 is 2.70 bits per heavy atom. The average molecular weight is 394 g/mol. The zero-order valence-corrected chi connectivity index (χ0v) is 13.3. The summed E-state index contributed by atoms with van der Waals surface area (Å²) in [6, 6.07) is 5.28. The van der Waals surface area contributed by atoms with Crippen LogP contribution in [0.15, 0.2) is 30.5 Å². The number of aryl methyl sites for hydroxylation is 1. The molecule has 1 heterocycles. The van der Waals surface area contributed by atoms with Gasteiger partial charge in [0.05, 0.1) is 5.56 Å². The van der Waals surface area contributed by atoms with E-state index in [9.17, 15) is 18.0 Å². The van der Waals surface area contributed by atoms with Crippen LogP contribution in [-0.4, -0.2) is 22.1 Å². The van der Waals surface area contributed by atoms with Crippen molar-refractivity contribution in [3.63, 3.8) is 0 Å². The Labute approximate surface area is 137 Å². The predicted molar refractivity (Wildman–Crippen MR) is 77.1 cm³/mol. The molecule has 1 aromatic heterocycles. The van der Waals surface area contributed by atoms with E-state index in [1.807, 2.05) is 0 Å². The van der Waals surface area contributed by atoms with Gasteiger partial charge in [0.2, 0.25) is 5.88 Å². The van der Waals surface area contributed by atoms with Gasteiger partial charge in [-0.05, 0) is 12.1 Å². The van der Waals surface area contributed by atoms with Crippen molar-refractivity contribution in [2.24, 2.45) is 7.05 Å². The van der Waals surface area contributed by atoms with E-state index in [0.29, 0.717) is 0 Å². The van der Waals surface area contributed by atoms with Crippen molar-refractivity contribution in [1.29, 1.82) is 0 Å². The molecule has 0 aliphatic heterocycles. The van der Waals surface area contributed by atoms with Crippen molar-refractivity contribution >= 4 is 22.1 Å². The molecule has 0 aliphatic carbocycles. The van der Waals surface area contributed by atoms with Crippen LogP contribution in [0.2, 0.25) is 0 Å². The lowest BCUT2D eigenvalue weighted by atomic mass is 10.1. The van der Waals surface area contributed by atoms with Gasteiger partial charge in [0.15, 0.2) is 0 Å². The minimum Gasteiger partial charge on any atom is -0.472 e. The summed E-state index contributed by atoms with van der Waals surface area (Å²) in [6.07, 6.45) is -3.27. The van der Waals surface area contributed by atoms with Gasteiger partial charge < -0.3 is 9.47 Å². The Morgan fingerprint density at radius 2 is 2.13 bits per heavy atom. The Balaban J connectivity index is 2.33. The van der Waals surface area contributed by atoms with Crippen LogP contribution < -0.4 is 13.8 Å². The number of nitrogens with one attached hydrogen (secondary N) is 1. The maximum atomic E-state index is 12.5. The Bertz CT molecular complexity index is 703. The SMILES string of the molecule is Cn1ccc(OCc2c(OC(F)(F)F)cccc2C(=O)NBr)n1. The fraction of sp³-hybridized carbons (Fsp3) is 0.231. The normalized spacial score (nSPS) is 11.2. The van der Waals surface area contributed by atoms with Crippen LogP contribution >= 0.6 is 16.1 Å². The van der Waals surface area contributed by atoms with Crippen LogP contribution in [0.4, 0.5) is 13.2 Å². The summed E-state index contributed by atoms with van der Waals surface area (Å²) in [5, 5.41) is 3.95. The van der Waals surface area contributed by atoms with E-state index in [-0.39, 0.29) is 23.6 Å². The second kappa shape index (κ2) is 6.90. The first-order chi connectivity index (χ1) is 10.8. The van der Waals surface area contributed by atoms with Gasteiger partial charge in [-0.2, -0.15) is 0 Å². The number of nitrogens with zero attached hydrogens (tertiary/aromatic N) is 2. The predicted octanol–water partition coefficient (Wildman–Crippen LogP) is 2.94. The Kier molecular flexibility index (Phi) is 5.14. The van der Waals surface area contributed by atoms with Gasteiger partial charge in [-0.1, -0.05) is 6.07 Å².